The molecule has 22 aromatic rings. The van der Waals surface area contributed by atoms with Gasteiger partial charge < -0.3 is 27.8 Å². The molecule has 0 bridgehead atoms. The van der Waals surface area contributed by atoms with Crippen LogP contribution in [0, 0.1) is 0 Å². The summed E-state index contributed by atoms with van der Waals surface area (Å²) in [6.45, 7) is 42.0. The van der Waals surface area contributed by atoms with E-state index < -0.39 is 6.71 Å². The van der Waals surface area contributed by atoms with Gasteiger partial charge in [-0.1, -0.05) is 349 Å². The molecule has 7 heteroatoms. The summed E-state index contributed by atoms with van der Waals surface area (Å²) in [7, 11) is 0. The van der Waals surface area contributed by atoms with Crippen molar-refractivity contribution in [3.05, 3.63) is 403 Å². The Hall–Kier alpha value is -15.2. The van der Waals surface area contributed by atoms with Gasteiger partial charge in [-0.2, -0.15) is 0 Å². The van der Waals surface area contributed by atoms with E-state index in [0.717, 1.165) is 200 Å². The van der Waals surface area contributed by atoms with Gasteiger partial charge in [-0.05, 0) is 283 Å². The Morgan fingerprint density at radius 3 is 0.942 bits per heavy atom. The van der Waals surface area contributed by atoms with E-state index in [4.69, 9.17) is 8.83 Å². The third-order valence-corrected chi connectivity index (χ3v) is 30.0. The molecule has 0 atom stereocenters. The van der Waals surface area contributed by atoms with Crippen LogP contribution in [0.15, 0.2) is 379 Å². The van der Waals surface area contributed by atoms with Gasteiger partial charge in [0.15, 0.2) is 0 Å². The van der Waals surface area contributed by atoms with Crippen LogP contribution in [0.25, 0.3) is 177 Å². The van der Waals surface area contributed by atoms with Gasteiger partial charge in [-0.25, -0.2) is 0 Å². The quantitative estimate of drug-likeness (QED) is 0.121. The Morgan fingerprint density at radius 2 is 0.540 bits per heavy atom. The molecule has 0 fully saturated rings. The molecule has 0 spiro atoms. The lowest BCUT2D eigenvalue weighted by Gasteiger charge is -2.46. The van der Waals surface area contributed by atoms with Gasteiger partial charge in [0.1, 0.15) is 22.3 Å². The van der Waals surface area contributed by atoms with E-state index in [0.29, 0.717) is 0 Å². The fourth-order valence-corrected chi connectivity index (χ4v) is 22.5. The van der Waals surface area contributed by atoms with Crippen LogP contribution in [-0.2, 0) is 32.5 Å². The van der Waals surface area contributed by atoms with Crippen molar-refractivity contribution in [1.82, 2.24) is 9.13 Å². The summed E-state index contributed by atoms with van der Waals surface area (Å²) in [6.07, 6.45) is 0. The van der Waals surface area contributed by atoms with Gasteiger partial charge in [0.25, 0.3) is 6.71 Å². The molecule has 678 valence electrons. The molecule has 2 aliphatic rings. The Bertz CT molecular complexity index is 8400. The lowest BCUT2D eigenvalue weighted by Crippen LogP contribution is -2.61. The second-order valence-electron chi connectivity index (χ2n) is 45.3. The molecule has 4 aromatic heterocycles. The predicted molar refractivity (Wildman–Crippen MR) is 594 cm³/mol. The van der Waals surface area contributed by atoms with E-state index in [1.807, 2.05) is 0 Å². The van der Waals surface area contributed by atoms with Gasteiger partial charge >= 0.3 is 0 Å². The Balaban J connectivity index is 0.932. The molecule has 139 heavy (non-hydrogen) atoms. The van der Waals surface area contributed by atoms with Gasteiger partial charge in [-0.15, -0.1) is 0 Å². The minimum absolute atomic E-state index is 0.119. The molecule has 0 aliphatic carbocycles. The number of hydrogen-bond donors (Lipinski definition) is 0. The normalized spacial score (nSPS) is 13.2. The van der Waals surface area contributed by atoms with E-state index >= 15 is 0 Å². The average molecular weight is 1800 g/mol. The first kappa shape index (κ1) is 86.7. The van der Waals surface area contributed by atoms with Crippen molar-refractivity contribution in [2.75, 3.05) is 9.80 Å². The van der Waals surface area contributed by atoms with E-state index in [9.17, 15) is 0 Å². The molecular formula is C132H115BN4O2. The average Bonchev–Trinajstić information content (AvgIpc) is 1.38. The van der Waals surface area contributed by atoms with E-state index in [-0.39, 0.29) is 32.5 Å². The number of fused-ring (bicyclic) bond motifs is 16. The lowest BCUT2D eigenvalue weighted by molar-refractivity contribution is 0.590. The highest BCUT2D eigenvalue weighted by Gasteiger charge is 2.47. The summed E-state index contributed by atoms with van der Waals surface area (Å²) in [5.74, 6) is 0. The third-order valence-electron chi connectivity index (χ3n) is 30.0. The first-order valence-corrected chi connectivity index (χ1v) is 49.5. The standard InChI is InChI=1S/C132H115BN4O2/c1-127(2,3)88-54-61-110-102(69-88)103-70-89(128(4,5)6)55-62-111(103)134(110)94-58-59-108-115(77-94)137(125-100(82-41-27-21-28-42-82)73-92(131(13,14)15)74-101(125)83-43-29-22-30-44-83)117-79-95(135-112-63-56-90(129(7,8)9)71-104(112)105-72-91(130(10,11)12)57-64-113(105)135)78-116-124(117)133(108)109-68-84(87-66-85(80-37-23-19-24-38-80)65-86(67-87)81-39-25-20-26-40-81)53-60-114(109)136(116)126-106(96-47-35-51-120-122(96)98-45-31-33-49-118(98)138-120)75-93(132(16,17)18)76-107(126)97-48-36-52-121-123(97)99-46-32-34-50-119(99)139-121/h19-79H,1-18H3. The van der Waals surface area contributed by atoms with Crippen LogP contribution in [0.2, 0.25) is 0 Å². The minimum Gasteiger partial charge on any atom is -0.456 e. The highest BCUT2D eigenvalue weighted by Crippen LogP contribution is 2.59. The van der Waals surface area contributed by atoms with Crippen molar-refractivity contribution >= 4 is 145 Å². The SMILES string of the molecule is CC(C)(C)c1cc(-c2ccccc2)c(N2c3cc(-n4c5ccc(C(C)(C)C)cc5c5cc(C(C)(C)C)ccc54)ccc3B3c4cc(-c5cc(-c6ccccc6)cc(-c6ccccc6)c5)ccc4N(c4c(-c5cccc6oc7ccccc7c56)cc(C(C)(C)C)cc4-c4cccc5oc6ccccc6c45)c4cc(-n5c6ccc(C(C)(C)C)cc6c6cc(C(C)(C)C)ccc65)cc2c43)c(-c2ccccc2)c1. The second kappa shape index (κ2) is 31.7. The fraction of sp³-hybridized carbons (Fsp3) is 0.182. The van der Waals surface area contributed by atoms with Crippen LogP contribution in [0.5, 0.6) is 0 Å². The molecule has 6 heterocycles. The number of hydrogen-bond acceptors (Lipinski definition) is 4. The maximum Gasteiger partial charge on any atom is 0.252 e. The van der Waals surface area contributed by atoms with Crippen LogP contribution in [0.3, 0.4) is 0 Å². The summed E-state index contributed by atoms with van der Waals surface area (Å²) in [6, 6.07) is 142. The zero-order chi connectivity index (χ0) is 95.6. The zero-order valence-corrected chi connectivity index (χ0v) is 82.9. The molecule has 0 saturated carbocycles. The number of benzene rings is 18. The summed E-state index contributed by atoms with van der Waals surface area (Å²) in [5.41, 5.74) is 41.6. The van der Waals surface area contributed by atoms with E-state index in [2.05, 4.69) is 514 Å². The van der Waals surface area contributed by atoms with Crippen molar-refractivity contribution in [2.24, 2.45) is 0 Å². The monoisotopic (exact) mass is 1800 g/mol. The van der Waals surface area contributed by atoms with Crippen LogP contribution in [0.1, 0.15) is 158 Å². The van der Waals surface area contributed by atoms with Crippen LogP contribution in [0.4, 0.5) is 34.1 Å². The minimum atomic E-state index is -0.447. The predicted octanol–water partition coefficient (Wildman–Crippen LogP) is 35.2. The maximum absolute atomic E-state index is 7.15. The van der Waals surface area contributed by atoms with E-state index in [1.54, 1.807) is 0 Å². The number of anilines is 6. The molecule has 18 aromatic carbocycles. The summed E-state index contributed by atoms with van der Waals surface area (Å²) >= 11 is 0. The molecule has 0 saturated heterocycles. The highest BCUT2D eigenvalue weighted by molar-refractivity contribution is 7.00. The van der Waals surface area contributed by atoms with Gasteiger partial charge in [0.2, 0.25) is 0 Å². The third kappa shape index (κ3) is 14.4. The summed E-state index contributed by atoms with van der Waals surface area (Å²) < 4.78 is 19.5. The van der Waals surface area contributed by atoms with Crippen molar-refractivity contribution in [3.8, 4) is 89.3 Å². The number of nitrogens with zero attached hydrogens (tertiary/aromatic N) is 4. The molecule has 6 nitrogen and oxygen atoms in total. The summed E-state index contributed by atoms with van der Waals surface area (Å²) in [5, 5.41) is 9.09. The van der Waals surface area contributed by atoms with Gasteiger partial charge in [0, 0.05) is 93.8 Å². The first-order chi connectivity index (χ1) is 66.7. The van der Waals surface area contributed by atoms with Crippen LogP contribution >= 0.6 is 0 Å². The smallest absolute Gasteiger partial charge is 0.252 e. The molecule has 0 unspecified atom stereocenters. The second-order valence-corrected chi connectivity index (χ2v) is 45.3. The van der Waals surface area contributed by atoms with Crippen molar-refractivity contribution < 1.29 is 8.83 Å². The zero-order valence-electron chi connectivity index (χ0n) is 82.9. The Morgan fingerprint density at radius 1 is 0.201 bits per heavy atom. The topological polar surface area (TPSA) is 42.6 Å². The molecule has 0 N–H and O–H groups in total. The van der Waals surface area contributed by atoms with Crippen LogP contribution in [-0.4, -0.2) is 15.8 Å². The van der Waals surface area contributed by atoms with Crippen LogP contribution < -0.4 is 26.2 Å². The number of rotatable bonds is 11. The number of para-hydroxylation sites is 2. The Labute approximate surface area is 816 Å². The summed E-state index contributed by atoms with van der Waals surface area (Å²) in [4.78, 5) is 5.55. The number of furan rings is 2. The molecule has 24 rings (SSSR count). The highest BCUT2D eigenvalue weighted by atomic mass is 16.3. The number of aromatic nitrogens is 2. The van der Waals surface area contributed by atoms with Gasteiger partial charge in [-0.3, -0.25) is 0 Å². The first-order valence-electron chi connectivity index (χ1n) is 49.5. The van der Waals surface area contributed by atoms with Crippen molar-refractivity contribution in [2.45, 2.75) is 157 Å². The maximum atomic E-state index is 7.15. The van der Waals surface area contributed by atoms with Crippen molar-refractivity contribution in [1.29, 1.82) is 0 Å². The largest absolute Gasteiger partial charge is 0.456 e. The molecule has 2 aliphatic heterocycles. The van der Waals surface area contributed by atoms with E-state index in [1.165, 1.54) is 60.4 Å². The Kier molecular flexibility index (Phi) is 19.8. The molecule has 0 radical (unpaired) electrons. The molecule has 0 amide bonds. The van der Waals surface area contributed by atoms with Crippen molar-refractivity contribution in [3.63, 3.8) is 0 Å². The lowest BCUT2D eigenvalue weighted by atomic mass is 9.33. The fourth-order valence-electron chi connectivity index (χ4n) is 22.5. The van der Waals surface area contributed by atoms with Gasteiger partial charge in [0.05, 0.1) is 39.1 Å². The molecular weight excluding hydrogens is 1680 g/mol.